The Bertz CT molecular complexity index is 333. The van der Waals surface area contributed by atoms with Crippen LogP contribution in [0.1, 0.15) is 31.9 Å². The highest BCUT2D eigenvalue weighted by atomic mass is 79.9. The van der Waals surface area contributed by atoms with Crippen molar-refractivity contribution in [2.75, 3.05) is 0 Å². The Balaban J connectivity index is 1.93. The normalized spacial score (nSPS) is 18.1. The average molecular weight is 292 g/mol. The van der Waals surface area contributed by atoms with Gasteiger partial charge in [-0.1, -0.05) is 27.5 Å². The van der Waals surface area contributed by atoms with Crippen molar-refractivity contribution in [1.29, 1.82) is 0 Å². The number of aryl methyl sites for hydroxylation is 1. The second-order valence-corrected chi connectivity index (χ2v) is 5.73. The fourth-order valence-corrected chi connectivity index (χ4v) is 2.87. The van der Waals surface area contributed by atoms with E-state index in [-0.39, 0.29) is 0 Å². The zero-order chi connectivity index (χ0) is 10.8. The molecule has 1 unspecified atom stereocenters. The van der Waals surface area contributed by atoms with Crippen LogP contribution in [0.2, 0.25) is 5.02 Å². The minimum absolute atomic E-state index is 0.661. The lowest BCUT2D eigenvalue weighted by Gasteiger charge is -2.09. The molecule has 1 saturated carbocycles. The summed E-state index contributed by atoms with van der Waals surface area (Å²) in [7, 11) is 0. The molecule has 0 aliphatic heterocycles. The maximum atomic E-state index is 6.10. The van der Waals surface area contributed by atoms with Gasteiger partial charge in [0.15, 0.2) is 0 Å². The first-order valence-corrected chi connectivity index (χ1v) is 6.86. The smallest absolute Gasteiger partial charge is 0.0817 e. The van der Waals surface area contributed by atoms with Crippen LogP contribution >= 0.6 is 27.5 Å². The number of aromatic nitrogens is 2. The van der Waals surface area contributed by atoms with Gasteiger partial charge in [0.05, 0.1) is 16.9 Å². The van der Waals surface area contributed by atoms with Gasteiger partial charge in [-0.05, 0) is 38.5 Å². The summed E-state index contributed by atoms with van der Waals surface area (Å²) in [5, 5.41) is 5.05. The third-order valence-corrected chi connectivity index (χ3v) is 4.51. The molecule has 0 radical (unpaired) electrons. The summed E-state index contributed by atoms with van der Waals surface area (Å²) in [5.41, 5.74) is 1.18. The Morgan fingerprint density at radius 1 is 1.67 bits per heavy atom. The maximum Gasteiger partial charge on any atom is 0.0817 e. The number of rotatable bonds is 5. The topological polar surface area (TPSA) is 17.8 Å². The summed E-state index contributed by atoms with van der Waals surface area (Å²) < 4.78 is 1.99. The summed E-state index contributed by atoms with van der Waals surface area (Å²) in [6, 6.07) is 0. The monoisotopic (exact) mass is 290 g/mol. The highest BCUT2D eigenvalue weighted by Crippen LogP contribution is 2.38. The summed E-state index contributed by atoms with van der Waals surface area (Å²) in [6.07, 6.45) is 6.71. The molecule has 1 aliphatic rings. The lowest BCUT2D eigenvalue weighted by atomic mass is 10.1. The van der Waals surface area contributed by atoms with Crippen LogP contribution < -0.4 is 0 Å². The van der Waals surface area contributed by atoms with Crippen LogP contribution in [-0.4, -0.2) is 14.6 Å². The number of hydrogen-bond donors (Lipinski definition) is 0. The van der Waals surface area contributed by atoms with Gasteiger partial charge in [-0.3, -0.25) is 4.68 Å². The first-order chi connectivity index (χ1) is 7.22. The molecule has 1 atom stereocenters. The quantitative estimate of drug-likeness (QED) is 0.757. The Morgan fingerprint density at radius 3 is 3.00 bits per heavy atom. The molecule has 15 heavy (non-hydrogen) atoms. The van der Waals surface area contributed by atoms with E-state index in [2.05, 4.69) is 28.0 Å². The molecule has 1 fully saturated rings. The summed E-state index contributed by atoms with van der Waals surface area (Å²) in [6.45, 7) is 3.00. The SMILES string of the molecule is CCn1ncc(Cl)c1CCC(Br)C1CC1. The van der Waals surface area contributed by atoms with E-state index >= 15 is 0 Å². The van der Waals surface area contributed by atoms with Crippen molar-refractivity contribution >= 4 is 27.5 Å². The molecule has 0 aromatic carbocycles. The molecule has 0 saturated heterocycles. The van der Waals surface area contributed by atoms with E-state index in [0.717, 1.165) is 30.3 Å². The Hall–Kier alpha value is -0.0200. The minimum atomic E-state index is 0.661. The van der Waals surface area contributed by atoms with Crippen molar-refractivity contribution in [3.63, 3.8) is 0 Å². The molecule has 0 bridgehead atoms. The van der Waals surface area contributed by atoms with Crippen LogP contribution in [0.15, 0.2) is 6.20 Å². The number of nitrogens with zero attached hydrogens (tertiary/aromatic N) is 2. The minimum Gasteiger partial charge on any atom is -0.268 e. The van der Waals surface area contributed by atoms with Gasteiger partial charge in [0.2, 0.25) is 0 Å². The summed E-state index contributed by atoms with van der Waals surface area (Å²) >= 11 is 9.85. The van der Waals surface area contributed by atoms with E-state index in [0.29, 0.717) is 4.83 Å². The van der Waals surface area contributed by atoms with Crippen LogP contribution in [0.25, 0.3) is 0 Å². The second-order valence-electron chi connectivity index (χ2n) is 4.15. The fraction of sp³-hybridized carbons (Fsp3) is 0.727. The van der Waals surface area contributed by atoms with Crippen molar-refractivity contribution in [2.24, 2.45) is 5.92 Å². The Morgan fingerprint density at radius 2 is 2.40 bits per heavy atom. The molecule has 84 valence electrons. The molecule has 2 nitrogen and oxygen atoms in total. The van der Waals surface area contributed by atoms with Gasteiger partial charge in [-0.25, -0.2) is 0 Å². The molecular weight excluding hydrogens is 275 g/mol. The molecule has 1 heterocycles. The van der Waals surface area contributed by atoms with Gasteiger partial charge in [0, 0.05) is 11.4 Å². The molecule has 1 aliphatic carbocycles. The number of alkyl halides is 1. The first-order valence-electron chi connectivity index (χ1n) is 5.56. The molecule has 1 aromatic rings. The van der Waals surface area contributed by atoms with E-state index in [1.165, 1.54) is 18.5 Å². The molecule has 0 spiro atoms. The van der Waals surface area contributed by atoms with E-state index in [9.17, 15) is 0 Å². The predicted octanol–water partition coefficient (Wildman–Crippen LogP) is 3.66. The van der Waals surface area contributed by atoms with E-state index in [4.69, 9.17) is 11.6 Å². The maximum absolute atomic E-state index is 6.10. The lowest BCUT2D eigenvalue weighted by molar-refractivity contribution is 0.597. The van der Waals surface area contributed by atoms with Crippen molar-refractivity contribution in [3.05, 3.63) is 16.9 Å². The molecule has 0 N–H and O–H groups in total. The summed E-state index contributed by atoms with van der Waals surface area (Å²) in [5.74, 6) is 0.904. The number of halogens is 2. The molecular formula is C11H16BrClN2. The van der Waals surface area contributed by atoms with Crippen molar-refractivity contribution < 1.29 is 0 Å². The van der Waals surface area contributed by atoms with Gasteiger partial charge < -0.3 is 0 Å². The number of hydrogen-bond acceptors (Lipinski definition) is 1. The second kappa shape index (κ2) is 4.88. The van der Waals surface area contributed by atoms with Crippen molar-refractivity contribution in [1.82, 2.24) is 9.78 Å². The average Bonchev–Trinajstić information content (AvgIpc) is 3.01. The van der Waals surface area contributed by atoms with Gasteiger partial charge in [-0.2, -0.15) is 5.10 Å². The van der Waals surface area contributed by atoms with Gasteiger partial charge in [0.25, 0.3) is 0 Å². The third kappa shape index (κ3) is 2.76. The van der Waals surface area contributed by atoms with E-state index < -0.39 is 0 Å². The Labute approximate surface area is 104 Å². The standard InChI is InChI=1S/C11H16BrClN2/c1-2-15-11(10(13)7-14-15)6-5-9(12)8-3-4-8/h7-9H,2-6H2,1H3. The lowest BCUT2D eigenvalue weighted by Crippen LogP contribution is -2.07. The van der Waals surface area contributed by atoms with Crippen LogP contribution in [0.5, 0.6) is 0 Å². The molecule has 1 aromatic heterocycles. The van der Waals surface area contributed by atoms with Crippen molar-refractivity contribution in [3.8, 4) is 0 Å². The fourth-order valence-electron chi connectivity index (χ4n) is 1.88. The van der Waals surface area contributed by atoms with Crippen LogP contribution in [0.3, 0.4) is 0 Å². The zero-order valence-electron chi connectivity index (χ0n) is 8.92. The molecule has 0 amide bonds. The van der Waals surface area contributed by atoms with Crippen LogP contribution in [0, 0.1) is 5.92 Å². The van der Waals surface area contributed by atoms with Gasteiger partial charge in [-0.15, -0.1) is 0 Å². The van der Waals surface area contributed by atoms with Gasteiger partial charge in [0.1, 0.15) is 0 Å². The van der Waals surface area contributed by atoms with Gasteiger partial charge >= 0.3 is 0 Å². The molecule has 4 heteroatoms. The summed E-state index contributed by atoms with van der Waals surface area (Å²) in [4.78, 5) is 0.661. The predicted molar refractivity (Wildman–Crippen MR) is 66.7 cm³/mol. The third-order valence-electron chi connectivity index (χ3n) is 2.99. The Kier molecular flexibility index (Phi) is 3.73. The van der Waals surface area contributed by atoms with Crippen LogP contribution in [0.4, 0.5) is 0 Å². The first kappa shape index (κ1) is 11.5. The van der Waals surface area contributed by atoms with Crippen LogP contribution in [-0.2, 0) is 13.0 Å². The molecule has 2 rings (SSSR count). The zero-order valence-corrected chi connectivity index (χ0v) is 11.3. The highest BCUT2D eigenvalue weighted by Gasteiger charge is 2.29. The van der Waals surface area contributed by atoms with E-state index in [1.807, 2.05) is 4.68 Å². The van der Waals surface area contributed by atoms with E-state index in [1.54, 1.807) is 6.20 Å². The highest BCUT2D eigenvalue weighted by molar-refractivity contribution is 9.09. The largest absolute Gasteiger partial charge is 0.268 e. The van der Waals surface area contributed by atoms with Crippen molar-refractivity contribution in [2.45, 2.75) is 44.0 Å².